The van der Waals surface area contributed by atoms with Crippen molar-refractivity contribution in [3.8, 4) is 0 Å². The number of carbonyl (C=O) groups is 4. The van der Waals surface area contributed by atoms with Crippen LogP contribution in [0.1, 0.15) is 103 Å². The zero-order valence-electron chi connectivity index (χ0n) is 25.9. The second-order valence-electron chi connectivity index (χ2n) is 13.5. The summed E-state index contributed by atoms with van der Waals surface area (Å²) in [5.41, 5.74) is 6.45. The molecule has 7 N–H and O–H groups in total. The van der Waals surface area contributed by atoms with Crippen LogP contribution < -0.4 is 22.2 Å². The van der Waals surface area contributed by atoms with Gasteiger partial charge in [-0.1, -0.05) is 43.2 Å². The van der Waals surface area contributed by atoms with Gasteiger partial charge in [0.15, 0.2) is 0 Å². The third-order valence-corrected chi connectivity index (χ3v) is 8.93. The molecule has 1 atom stereocenters. The van der Waals surface area contributed by atoms with E-state index in [1.54, 1.807) is 37.3 Å². The summed E-state index contributed by atoms with van der Waals surface area (Å²) in [4.78, 5) is 55.5. The fourth-order valence-electron chi connectivity index (χ4n) is 6.24. The number of urea groups is 1. The predicted molar refractivity (Wildman–Crippen MR) is 164 cm³/mol. The van der Waals surface area contributed by atoms with Crippen LogP contribution in [-0.2, 0) is 6.54 Å². The number of nitrogens with two attached hydrogens (primary N) is 1. The highest BCUT2D eigenvalue weighted by atomic mass is 16.2. The first-order valence-electron chi connectivity index (χ1n) is 15.3. The molecule has 44 heavy (non-hydrogen) atoms. The number of nitrogens with zero attached hydrogens (tertiary/aromatic N) is 4. The van der Waals surface area contributed by atoms with Crippen LogP contribution in [0.5, 0.6) is 0 Å². The van der Waals surface area contributed by atoms with Crippen molar-refractivity contribution in [3.63, 3.8) is 0 Å². The van der Waals surface area contributed by atoms with Crippen LogP contribution in [0.15, 0.2) is 52.8 Å². The minimum absolute atomic E-state index is 0.0174. The molecule has 2 aliphatic carbocycles. The first kappa shape index (κ1) is 31.1. The predicted octanol–water partition coefficient (Wildman–Crippen LogP) is 4.06. The Bertz CT molecular complexity index is 1470. The molecule has 0 spiro atoms. The highest BCUT2D eigenvalue weighted by Crippen LogP contribution is 2.40. The minimum Gasteiger partial charge on any atom is -0.317 e. The number of nitrogens with one attached hydrogen (secondary N) is 2. The lowest BCUT2D eigenvalue weighted by atomic mass is 9.71. The molecule has 0 bridgehead atoms. The van der Waals surface area contributed by atoms with E-state index in [1.165, 1.54) is 4.90 Å². The number of benzene rings is 2. The van der Waals surface area contributed by atoms with Crippen LogP contribution in [-0.4, -0.2) is 51.4 Å². The molecular formula is C32H43N8O4+. The quantitative estimate of drug-likeness (QED) is 0.117. The molecule has 0 radical (unpaired) electrons. The van der Waals surface area contributed by atoms with E-state index >= 15 is 0 Å². The van der Waals surface area contributed by atoms with E-state index < -0.39 is 5.79 Å². The summed E-state index contributed by atoms with van der Waals surface area (Å²) in [7, 11) is 0. The van der Waals surface area contributed by atoms with Gasteiger partial charge in [-0.2, -0.15) is 0 Å². The number of hydrogen-bond donors (Lipinski definition) is 4. The van der Waals surface area contributed by atoms with E-state index in [2.05, 4.69) is 47.5 Å². The van der Waals surface area contributed by atoms with Crippen molar-refractivity contribution in [1.29, 1.82) is 0 Å². The van der Waals surface area contributed by atoms with E-state index in [9.17, 15) is 19.2 Å². The molecule has 3 aliphatic rings. The zero-order chi connectivity index (χ0) is 31.8. The third kappa shape index (κ3) is 6.75. The minimum atomic E-state index is -1.20. The fourth-order valence-corrected chi connectivity index (χ4v) is 6.24. The maximum absolute atomic E-state index is 13.9. The second kappa shape index (κ2) is 12.0. The second-order valence-corrected chi connectivity index (χ2v) is 13.5. The molecule has 0 saturated heterocycles. The largest absolute Gasteiger partial charge is 0.322 e. The van der Waals surface area contributed by atoms with Crippen molar-refractivity contribution in [3.05, 3.63) is 64.7 Å². The normalized spacial score (nSPS) is 21.6. The van der Waals surface area contributed by atoms with Crippen molar-refractivity contribution in [1.82, 2.24) is 15.1 Å². The molecule has 2 saturated carbocycles. The van der Waals surface area contributed by atoms with Gasteiger partial charge in [0, 0.05) is 36.8 Å². The van der Waals surface area contributed by atoms with Crippen LogP contribution in [0.25, 0.3) is 0 Å². The van der Waals surface area contributed by atoms with Gasteiger partial charge in [0.25, 0.3) is 23.5 Å². The van der Waals surface area contributed by atoms with Gasteiger partial charge in [-0.15, -0.1) is 0 Å². The lowest BCUT2D eigenvalue weighted by Gasteiger charge is -2.41. The first-order valence-corrected chi connectivity index (χ1v) is 15.3. The Balaban J connectivity index is 1.33. The van der Waals surface area contributed by atoms with Gasteiger partial charge in [-0.25, -0.2) is 4.79 Å². The van der Waals surface area contributed by atoms with Gasteiger partial charge >= 0.3 is 6.03 Å². The SMILES string of the molecule is CC([NH3+])(/N=N\N)NC(=O)c1ccc(CN(C(=O)Nc2ccc3c(c2)C(=O)N(C2CC2)C3=O)C2CCC(C(C)(C)C)CC2)cc1. The van der Waals surface area contributed by atoms with Gasteiger partial charge in [-0.05, 0) is 85.8 Å². The van der Waals surface area contributed by atoms with Crippen molar-refractivity contribution in [2.45, 2.75) is 90.6 Å². The summed E-state index contributed by atoms with van der Waals surface area (Å²) in [5, 5.41) is 12.6. The molecule has 12 nitrogen and oxygen atoms in total. The van der Waals surface area contributed by atoms with Crippen LogP contribution in [0.2, 0.25) is 0 Å². The smallest absolute Gasteiger partial charge is 0.317 e. The summed E-state index contributed by atoms with van der Waals surface area (Å²) >= 11 is 0. The molecule has 5 rings (SSSR count). The zero-order valence-corrected chi connectivity index (χ0v) is 25.9. The van der Waals surface area contributed by atoms with Crippen LogP contribution in [0, 0.1) is 11.3 Å². The first-order chi connectivity index (χ1) is 20.8. The Morgan fingerprint density at radius 3 is 2.18 bits per heavy atom. The van der Waals surface area contributed by atoms with Crippen molar-refractivity contribution in [2.75, 3.05) is 5.32 Å². The van der Waals surface area contributed by atoms with Crippen molar-refractivity contribution >= 4 is 29.4 Å². The highest BCUT2D eigenvalue weighted by Gasteiger charge is 2.44. The van der Waals surface area contributed by atoms with Crippen LogP contribution in [0.4, 0.5) is 10.5 Å². The van der Waals surface area contributed by atoms with Gasteiger partial charge < -0.3 is 21.8 Å². The Morgan fingerprint density at radius 2 is 1.59 bits per heavy atom. The molecule has 1 unspecified atom stereocenters. The molecule has 5 amide bonds. The van der Waals surface area contributed by atoms with Crippen LogP contribution >= 0.6 is 0 Å². The molecule has 234 valence electrons. The highest BCUT2D eigenvalue weighted by molar-refractivity contribution is 6.22. The number of quaternary nitrogens is 1. The third-order valence-electron chi connectivity index (χ3n) is 8.93. The van der Waals surface area contributed by atoms with E-state index in [4.69, 9.17) is 5.84 Å². The van der Waals surface area contributed by atoms with E-state index in [1.807, 2.05) is 17.0 Å². The number of carbonyl (C=O) groups excluding carboxylic acids is 4. The Morgan fingerprint density at radius 1 is 0.955 bits per heavy atom. The Hall–Kier alpha value is -4.32. The molecule has 12 heteroatoms. The van der Waals surface area contributed by atoms with Gasteiger partial charge in [0.1, 0.15) is 0 Å². The monoisotopic (exact) mass is 603 g/mol. The summed E-state index contributed by atoms with van der Waals surface area (Å²) in [6, 6.07) is 11.7. The summed E-state index contributed by atoms with van der Waals surface area (Å²) in [5.74, 6) is 3.56. The summed E-state index contributed by atoms with van der Waals surface area (Å²) in [6.07, 6.45) is 5.47. The average molecular weight is 604 g/mol. The van der Waals surface area contributed by atoms with Gasteiger partial charge in [0.2, 0.25) is 0 Å². The average Bonchev–Trinajstić information content (AvgIpc) is 3.77. The number of amides is 5. The number of imide groups is 1. The standard InChI is InChI=1S/C32H42N8O4/c1-31(2,3)21-9-12-23(13-10-21)39(18-19-5-7-20(8-6-19)27(41)36-32(4,33)37-38-34)30(44)35-22-11-16-25-26(17-22)29(43)40(28(25)42)24-14-15-24/h5-8,11,16-17,21,23-24H,9-10,12-15,18,33H2,1-4H3,(H2,34,37)(H,35,44)(H,36,41)/p+1. The molecular weight excluding hydrogens is 560 g/mol. The lowest BCUT2D eigenvalue weighted by Crippen LogP contribution is -2.77. The fraction of sp³-hybridized carbons (Fsp3) is 0.500. The van der Waals surface area contributed by atoms with Crippen molar-refractivity contribution in [2.24, 2.45) is 27.5 Å². The molecule has 1 heterocycles. The number of fused-ring (bicyclic) bond motifs is 1. The van der Waals surface area contributed by atoms with E-state index in [0.717, 1.165) is 44.1 Å². The summed E-state index contributed by atoms with van der Waals surface area (Å²) < 4.78 is 0. The molecule has 0 aromatic heterocycles. The molecule has 2 aromatic rings. The van der Waals surface area contributed by atoms with Crippen molar-refractivity contribution < 1.29 is 24.9 Å². The summed E-state index contributed by atoms with van der Waals surface area (Å²) in [6.45, 7) is 8.71. The number of anilines is 1. The molecule has 2 aromatic carbocycles. The topological polar surface area (TPSA) is 177 Å². The van der Waals surface area contributed by atoms with Gasteiger partial charge in [0.05, 0.1) is 11.1 Å². The maximum atomic E-state index is 13.9. The van der Waals surface area contributed by atoms with Crippen LogP contribution in [0.3, 0.4) is 0 Å². The Kier molecular flexibility index (Phi) is 8.48. The number of hydrogen-bond acceptors (Lipinski definition) is 6. The maximum Gasteiger partial charge on any atom is 0.322 e. The van der Waals surface area contributed by atoms with E-state index in [-0.39, 0.29) is 41.3 Å². The molecule has 2 fully saturated rings. The lowest BCUT2D eigenvalue weighted by molar-refractivity contribution is -0.477. The Labute approximate surface area is 257 Å². The number of rotatable bonds is 8. The van der Waals surface area contributed by atoms with E-state index in [0.29, 0.717) is 34.8 Å². The van der Waals surface area contributed by atoms with Gasteiger partial charge in [-0.3, -0.25) is 24.6 Å². The molecule has 1 aliphatic heterocycles.